The van der Waals surface area contributed by atoms with Gasteiger partial charge in [0.1, 0.15) is 24.4 Å². The SMILES string of the molecule is CCCCC/C=C\C/C=C\C/C=C\C/C=C\CCC(O)C(=O)NC(COC1OC(CO)C(O)C(O)C1OC(=O)CCCCCCCCCCCCC)C(O)/C=C/CCCCCCCCCCCC. The molecule has 8 atom stereocenters. The lowest BCUT2D eigenvalue weighted by Crippen LogP contribution is -2.61. The summed E-state index contributed by atoms with van der Waals surface area (Å²) < 4.78 is 17.5. The number of esters is 1. The van der Waals surface area contributed by atoms with Crippen molar-refractivity contribution in [2.45, 2.75) is 275 Å². The summed E-state index contributed by atoms with van der Waals surface area (Å²) in [5.74, 6) is -1.26. The highest BCUT2D eigenvalue weighted by Crippen LogP contribution is 2.26. The molecule has 11 nitrogen and oxygen atoms in total. The maximum absolute atomic E-state index is 13.3. The van der Waals surface area contributed by atoms with Crippen LogP contribution in [-0.2, 0) is 23.8 Å². The first-order valence-corrected chi connectivity index (χ1v) is 27.6. The number of rotatable bonds is 45. The largest absolute Gasteiger partial charge is 0.454 e. The maximum Gasteiger partial charge on any atom is 0.306 e. The van der Waals surface area contributed by atoms with Crippen molar-refractivity contribution in [2.24, 2.45) is 0 Å². The van der Waals surface area contributed by atoms with Crippen molar-refractivity contribution in [3.63, 3.8) is 0 Å². The molecule has 1 fully saturated rings. The van der Waals surface area contributed by atoms with E-state index >= 15 is 0 Å². The van der Waals surface area contributed by atoms with Crippen molar-refractivity contribution >= 4 is 11.9 Å². The van der Waals surface area contributed by atoms with Gasteiger partial charge >= 0.3 is 5.97 Å². The molecule has 11 heteroatoms. The van der Waals surface area contributed by atoms with Gasteiger partial charge in [0.15, 0.2) is 12.4 Å². The van der Waals surface area contributed by atoms with Crippen LogP contribution in [-0.4, -0.2) is 99.6 Å². The Morgan fingerprint density at radius 1 is 0.574 bits per heavy atom. The van der Waals surface area contributed by atoms with Crippen LogP contribution in [0.2, 0.25) is 0 Å². The van der Waals surface area contributed by atoms with E-state index in [0.29, 0.717) is 12.8 Å². The van der Waals surface area contributed by atoms with E-state index < -0.39 is 67.4 Å². The average Bonchev–Trinajstić information content (AvgIpc) is 3.33. The number of allylic oxidation sites excluding steroid dienone is 9. The van der Waals surface area contributed by atoms with Gasteiger partial charge in [-0.05, 0) is 64.2 Å². The Hall–Kier alpha value is -2.64. The quantitative estimate of drug-likeness (QED) is 0.0196. The van der Waals surface area contributed by atoms with E-state index in [0.717, 1.165) is 70.6 Å². The zero-order valence-corrected chi connectivity index (χ0v) is 43.2. The summed E-state index contributed by atoms with van der Waals surface area (Å²) in [5.41, 5.74) is 0. The lowest BCUT2D eigenvalue weighted by molar-refractivity contribution is -0.305. The number of ether oxygens (including phenoxy) is 3. The molecule has 0 aromatic carbocycles. The lowest BCUT2D eigenvalue weighted by atomic mass is 9.99. The molecule has 1 aliphatic heterocycles. The van der Waals surface area contributed by atoms with E-state index in [-0.39, 0.29) is 19.4 Å². The van der Waals surface area contributed by atoms with Crippen LogP contribution in [0.5, 0.6) is 0 Å². The lowest BCUT2D eigenvalue weighted by Gasteiger charge is -2.41. The minimum absolute atomic E-state index is 0.118. The van der Waals surface area contributed by atoms with Gasteiger partial charge in [0.25, 0.3) is 0 Å². The monoisotopic (exact) mass is 960 g/mol. The molecule has 0 aliphatic carbocycles. The number of hydrogen-bond donors (Lipinski definition) is 6. The van der Waals surface area contributed by atoms with Gasteiger partial charge in [0.2, 0.25) is 5.91 Å². The molecule has 1 rings (SSSR count). The molecule has 8 unspecified atom stereocenters. The van der Waals surface area contributed by atoms with E-state index in [4.69, 9.17) is 14.2 Å². The van der Waals surface area contributed by atoms with Crippen molar-refractivity contribution in [1.82, 2.24) is 5.32 Å². The maximum atomic E-state index is 13.3. The Balaban J connectivity index is 2.81. The topological polar surface area (TPSA) is 175 Å². The molecular weight excluding hydrogens is 859 g/mol. The van der Waals surface area contributed by atoms with Crippen LogP contribution < -0.4 is 5.32 Å². The number of nitrogens with one attached hydrogen (secondary N) is 1. The predicted molar refractivity (Wildman–Crippen MR) is 278 cm³/mol. The molecule has 0 radical (unpaired) electrons. The number of carbonyl (C=O) groups excluding carboxylic acids is 2. The first kappa shape index (κ1) is 63.4. The number of amides is 1. The minimum Gasteiger partial charge on any atom is -0.454 e. The Kier molecular flexibility index (Phi) is 42.4. The molecule has 0 bridgehead atoms. The Morgan fingerprint density at radius 3 is 1.54 bits per heavy atom. The van der Waals surface area contributed by atoms with Gasteiger partial charge in [0.05, 0.1) is 25.4 Å². The van der Waals surface area contributed by atoms with Crippen molar-refractivity contribution in [3.05, 3.63) is 60.8 Å². The zero-order valence-electron chi connectivity index (χ0n) is 43.2. The molecule has 0 aromatic heterocycles. The number of aliphatic hydroxyl groups excluding tert-OH is 5. The standard InChI is InChI=1S/C57H101NO10/c1-4-7-10-13-16-19-22-24-25-26-27-30-32-35-38-41-44-50(61)56(65)58-48(49(60)43-40-37-34-31-29-23-20-17-14-11-8-5-2)47-66-57-55(54(64)53(63)51(46-59)67-57)68-52(62)45-42-39-36-33-28-21-18-15-12-9-6-3/h16,19,24-25,27,30,35,38,40,43,48-51,53-55,57,59-61,63-64H,4-15,17-18,20-23,26,28-29,31-34,36-37,39,41-42,44-47H2,1-3H3,(H,58,65)/b19-16-,25-24-,30-27-,38-35-,43-40+. The van der Waals surface area contributed by atoms with Crippen LogP contribution in [0.15, 0.2) is 60.8 Å². The van der Waals surface area contributed by atoms with Crippen LogP contribution in [0.4, 0.5) is 0 Å². The third-order valence-electron chi connectivity index (χ3n) is 12.7. The minimum atomic E-state index is -1.62. The molecule has 68 heavy (non-hydrogen) atoms. The van der Waals surface area contributed by atoms with E-state index in [1.165, 1.54) is 109 Å². The smallest absolute Gasteiger partial charge is 0.306 e. The molecule has 1 aliphatic rings. The van der Waals surface area contributed by atoms with Crippen LogP contribution in [0.3, 0.4) is 0 Å². The summed E-state index contributed by atoms with van der Waals surface area (Å²) in [7, 11) is 0. The van der Waals surface area contributed by atoms with E-state index in [1.807, 2.05) is 18.2 Å². The summed E-state index contributed by atoms with van der Waals surface area (Å²) in [6.07, 6.45) is 44.2. The van der Waals surface area contributed by atoms with E-state index in [1.54, 1.807) is 6.08 Å². The van der Waals surface area contributed by atoms with Gasteiger partial charge in [-0.3, -0.25) is 9.59 Å². The first-order chi connectivity index (χ1) is 33.2. The fourth-order valence-corrected chi connectivity index (χ4v) is 8.23. The predicted octanol–water partition coefficient (Wildman–Crippen LogP) is 11.9. The summed E-state index contributed by atoms with van der Waals surface area (Å²) in [5, 5.41) is 56.6. The number of carbonyl (C=O) groups is 2. The zero-order chi connectivity index (χ0) is 49.7. The fraction of sp³-hybridized carbons (Fsp3) is 0.789. The van der Waals surface area contributed by atoms with Gasteiger partial charge < -0.3 is 45.1 Å². The van der Waals surface area contributed by atoms with Gasteiger partial charge in [-0.15, -0.1) is 0 Å². The first-order valence-electron chi connectivity index (χ1n) is 27.6. The molecule has 0 aromatic rings. The second-order valence-electron chi connectivity index (χ2n) is 19.0. The fourth-order valence-electron chi connectivity index (χ4n) is 8.23. The summed E-state index contributed by atoms with van der Waals surface area (Å²) in [6.45, 7) is 5.69. The molecule has 0 spiro atoms. The van der Waals surface area contributed by atoms with Crippen molar-refractivity contribution in [3.8, 4) is 0 Å². The van der Waals surface area contributed by atoms with Gasteiger partial charge in [-0.25, -0.2) is 0 Å². The summed E-state index contributed by atoms with van der Waals surface area (Å²) in [6, 6.07) is -1.05. The van der Waals surface area contributed by atoms with Gasteiger partial charge in [-0.1, -0.05) is 216 Å². The molecule has 1 saturated heterocycles. The molecular formula is C57H101NO10. The van der Waals surface area contributed by atoms with Gasteiger partial charge in [-0.2, -0.15) is 0 Å². The second kappa shape index (κ2) is 45.5. The van der Waals surface area contributed by atoms with E-state index in [9.17, 15) is 35.1 Å². The highest BCUT2D eigenvalue weighted by atomic mass is 16.7. The molecule has 0 saturated carbocycles. The number of hydrogen-bond acceptors (Lipinski definition) is 10. The normalized spacial score (nSPS) is 20.4. The Labute approximate surface area is 414 Å². The molecule has 6 N–H and O–H groups in total. The highest BCUT2D eigenvalue weighted by molar-refractivity contribution is 5.80. The van der Waals surface area contributed by atoms with Crippen LogP contribution in [0, 0.1) is 0 Å². The third-order valence-corrected chi connectivity index (χ3v) is 12.7. The highest BCUT2D eigenvalue weighted by Gasteiger charge is 2.47. The van der Waals surface area contributed by atoms with E-state index in [2.05, 4.69) is 62.5 Å². The average molecular weight is 960 g/mol. The number of unbranched alkanes of at least 4 members (excludes halogenated alkanes) is 23. The summed E-state index contributed by atoms with van der Waals surface area (Å²) >= 11 is 0. The van der Waals surface area contributed by atoms with Gasteiger partial charge in [0, 0.05) is 6.42 Å². The van der Waals surface area contributed by atoms with Crippen LogP contribution in [0.1, 0.15) is 226 Å². The Morgan fingerprint density at radius 2 is 1.01 bits per heavy atom. The molecule has 394 valence electrons. The third kappa shape index (κ3) is 33.8. The van der Waals surface area contributed by atoms with Crippen molar-refractivity contribution in [1.29, 1.82) is 0 Å². The van der Waals surface area contributed by atoms with Crippen LogP contribution >= 0.6 is 0 Å². The van der Waals surface area contributed by atoms with Crippen molar-refractivity contribution in [2.75, 3.05) is 13.2 Å². The molecule has 1 amide bonds. The Bertz CT molecular complexity index is 1330. The second-order valence-corrected chi connectivity index (χ2v) is 19.0. The van der Waals surface area contributed by atoms with Crippen LogP contribution in [0.25, 0.3) is 0 Å². The number of aliphatic hydroxyl groups is 5. The van der Waals surface area contributed by atoms with Crippen molar-refractivity contribution < 1.29 is 49.3 Å². The summed E-state index contributed by atoms with van der Waals surface area (Å²) in [4.78, 5) is 26.3. The molecule has 1 heterocycles.